The van der Waals surface area contributed by atoms with Crippen molar-refractivity contribution in [2.24, 2.45) is 5.73 Å². The Bertz CT molecular complexity index is 563. The van der Waals surface area contributed by atoms with Crippen LogP contribution in [-0.2, 0) is 4.79 Å². The molecule has 1 amide bonds. The number of benzene rings is 1. The summed E-state index contributed by atoms with van der Waals surface area (Å²) in [5.74, 6) is 0.413. The topological polar surface area (TPSA) is 79.0 Å². The van der Waals surface area contributed by atoms with E-state index in [1.54, 1.807) is 23.1 Å². The lowest BCUT2D eigenvalue weighted by Gasteiger charge is -2.31. The third-order valence-corrected chi connectivity index (χ3v) is 3.71. The zero-order chi connectivity index (χ0) is 13.6. The second-order valence-electron chi connectivity index (χ2n) is 4.62. The first-order valence-electron chi connectivity index (χ1n) is 5.88. The molecule has 100 valence electrons. The fraction of sp³-hybridized carbons (Fsp3) is 0.333. The van der Waals surface area contributed by atoms with E-state index in [4.69, 9.17) is 22.7 Å². The normalized spacial score (nSPS) is 20.8. The molecule has 0 aromatic heterocycles. The highest BCUT2D eigenvalue weighted by Gasteiger charge is 2.40. The van der Waals surface area contributed by atoms with Crippen LogP contribution in [0.4, 0.5) is 5.69 Å². The lowest BCUT2D eigenvalue weighted by Crippen LogP contribution is -2.41. The maximum Gasteiger partial charge on any atom is 0.237 e. The number of nitrogens with two attached hydrogens (primary N) is 1. The quantitative estimate of drug-likeness (QED) is 0.745. The second kappa shape index (κ2) is 4.27. The number of ether oxygens (including phenoxy) is 1. The molecule has 1 atom stereocenters. The largest absolute Gasteiger partial charge is 0.508 e. The summed E-state index contributed by atoms with van der Waals surface area (Å²) in [6, 6.07) is 4.93. The van der Waals surface area contributed by atoms with Crippen molar-refractivity contribution in [2.75, 3.05) is 24.6 Å². The van der Waals surface area contributed by atoms with Crippen LogP contribution in [0.1, 0.15) is 0 Å². The molecule has 1 saturated heterocycles. The van der Waals surface area contributed by atoms with Crippen LogP contribution in [0.15, 0.2) is 18.2 Å². The number of primary amides is 1. The number of nitrogens with zero attached hydrogens (tertiary/aromatic N) is 2. The van der Waals surface area contributed by atoms with Crippen LogP contribution in [0.2, 0.25) is 0 Å². The maximum atomic E-state index is 11.0. The van der Waals surface area contributed by atoms with E-state index < -0.39 is 5.91 Å². The van der Waals surface area contributed by atoms with Gasteiger partial charge in [-0.3, -0.25) is 4.79 Å². The summed E-state index contributed by atoms with van der Waals surface area (Å²) >= 11 is 5.38. The number of hydrogen-bond donors (Lipinski definition) is 2. The number of hydrogen-bond acceptors (Lipinski definition) is 4. The molecule has 0 spiro atoms. The van der Waals surface area contributed by atoms with E-state index in [2.05, 4.69) is 0 Å². The molecular weight excluding hydrogens is 266 g/mol. The second-order valence-corrected chi connectivity index (χ2v) is 4.98. The van der Waals surface area contributed by atoms with Crippen molar-refractivity contribution < 1.29 is 14.6 Å². The molecule has 1 aromatic carbocycles. The van der Waals surface area contributed by atoms with Gasteiger partial charge in [-0.05, 0) is 24.4 Å². The number of rotatable bonds is 2. The van der Waals surface area contributed by atoms with Crippen molar-refractivity contribution in [1.82, 2.24) is 4.90 Å². The van der Waals surface area contributed by atoms with Crippen LogP contribution >= 0.6 is 12.2 Å². The molecule has 1 fully saturated rings. The van der Waals surface area contributed by atoms with Crippen molar-refractivity contribution in [3.63, 3.8) is 0 Å². The van der Waals surface area contributed by atoms with E-state index in [1.165, 1.54) is 0 Å². The van der Waals surface area contributed by atoms with Gasteiger partial charge >= 0.3 is 0 Å². The molecule has 2 heterocycles. The molecule has 1 unspecified atom stereocenters. The molecule has 7 heteroatoms. The Hall–Kier alpha value is -2.02. The Kier molecular flexibility index (Phi) is 2.70. The van der Waals surface area contributed by atoms with Crippen molar-refractivity contribution in [2.45, 2.75) is 6.04 Å². The molecule has 3 N–H and O–H groups in total. The summed E-state index contributed by atoms with van der Waals surface area (Å²) in [4.78, 5) is 14.7. The fourth-order valence-electron chi connectivity index (χ4n) is 2.47. The van der Waals surface area contributed by atoms with Crippen LogP contribution < -0.4 is 15.4 Å². The summed E-state index contributed by atoms with van der Waals surface area (Å²) < 4.78 is 5.64. The molecule has 1 aromatic rings. The van der Waals surface area contributed by atoms with Gasteiger partial charge in [-0.15, -0.1) is 0 Å². The molecule has 2 aliphatic rings. The summed E-state index contributed by atoms with van der Waals surface area (Å²) in [5, 5.41) is 10.1. The van der Waals surface area contributed by atoms with E-state index in [0.29, 0.717) is 24.0 Å². The van der Waals surface area contributed by atoms with Crippen molar-refractivity contribution in [3.05, 3.63) is 18.2 Å². The monoisotopic (exact) mass is 279 g/mol. The molecule has 6 nitrogen and oxygen atoms in total. The van der Waals surface area contributed by atoms with Crippen LogP contribution in [0, 0.1) is 0 Å². The number of aromatic hydroxyl groups is 1. The highest BCUT2D eigenvalue weighted by atomic mass is 32.1. The third-order valence-electron chi connectivity index (χ3n) is 3.25. The Morgan fingerprint density at radius 3 is 3.11 bits per heavy atom. The number of fused-ring (bicyclic) bond motifs is 3. The Morgan fingerprint density at radius 2 is 2.37 bits per heavy atom. The molecule has 0 saturated carbocycles. The molecule has 2 aliphatic heterocycles. The number of anilines is 1. The lowest BCUT2D eigenvalue weighted by molar-refractivity contribution is -0.118. The molecule has 0 aliphatic carbocycles. The predicted molar refractivity (Wildman–Crippen MR) is 73.2 cm³/mol. The van der Waals surface area contributed by atoms with Gasteiger partial charge in [0, 0.05) is 12.6 Å². The molecule has 0 bridgehead atoms. The zero-order valence-corrected chi connectivity index (χ0v) is 10.9. The first kappa shape index (κ1) is 12.0. The van der Waals surface area contributed by atoms with Gasteiger partial charge in [0.2, 0.25) is 5.91 Å². The number of thiocarbonyl (C=S) groups is 1. The van der Waals surface area contributed by atoms with Gasteiger partial charge in [0.1, 0.15) is 18.1 Å². The zero-order valence-electron chi connectivity index (χ0n) is 10.1. The number of phenols is 1. The molecular formula is C12H13N3O3S. The molecule has 19 heavy (non-hydrogen) atoms. The highest BCUT2D eigenvalue weighted by molar-refractivity contribution is 7.80. The molecule has 3 rings (SSSR count). The van der Waals surface area contributed by atoms with E-state index in [9.17, 15) is 9.90 Å². The summed E-state index contributed by atoms with van der Waals surface area (Å²) in [6.45, 7) is 1.18. The lowest BCUT2D eigenvalue weighted by atomic mass is 10.2. The van der Waals surface area contributed by atoms with Gasteiger partial charge in [0.05, 0.1) is 18.3 Å². The van der Waals surface area contributed by atoms with E-state index in [1.807, 2.05) is 4.90 Å². The number of carbonyl (C=O) groups is 1. The minimum Gasteiger partial charge on any atom is -0.508 e. The molecule has 0 radical (unpaired) electrons. The van der Waals surface area contributed by atoms with Crippen LogP contribution in [-0.4, -0.2) is 46.8 Å². The van der Waals surface area contributed by atoms with Crippen molar-refractivity contribution in [1.29, 1.82) is 0 Å². The van der Waals surface area contributed by atoms with Gasteiger partial charge in [-0.2, -0.15) is 0 Å². The first-order valence-corrected chi connectivity index (χ1v) is 6.29. The van der Waals surface area contributed by atoms with Gasteiger partial charge < -0.3 is 25.4 Å². The van der Waals surface area contributed by atoms with Crippen LogP contribution in [0.5, 0.6) is 11.5 Å². The van der Waals surface area contributed by atoms with E-state index >= 15 is 0 Å². The average Bonchev–Trinajstić information content (AvgIpc) is 2.66. The van der Waals surface area contributed by atoms with Gasteiger partial charge in [0.25, 0.3) is 0 Å². The SMILES string of the molecule is NC(=O)CN1CC2COc3ccc(O)cc3N2C1=S. The minimum atomic E-state index is -0.417. The Morgan fingerprint density at radius 1 is 1.58 bits per heavy atom. The summed E-state index contributed by atoms with van der Waals surface area (Å²) in [7, 11) is 0. The number of amides is 1. The van der Waals surface area contributed by atoms with E-state index in [0.717, 1.165) is 5.69 Å². The smallest absolute Gasteiger partial charge is 0.237 e. The van der Waals surface area contributed by atoms with Gasteiger partial charge in [-0.1, -0.05) is 0 Å². The first-order chi connectivity index (χ1) is 9.06. The van der Waals surface area contributed by atoms with E-state index in [-0.39, 0.29) is 18.3 Å². The van der Waals surface area contributed by atoms with Crippen LogP contribution in [0.3, 0.4) is 0 Å². The van der Waals surface area contributed by atoms with Crippen molar-refractivity contribution >= 4 is 28.9 Å². The Balaban J connectivity index is 1.95. The summed E-state index contributed by atoms with van der Waals surface area (Å²) in [5.41, 5.74) is 5.94. The van der Waals surface area contributed by atoms with Crippen LogP contribution in [0.25, 0.3) is 0 Å². The average molecular weight is 279 g/mol. The maximum absolute atomic E-state index is 11.0. The number of phenolic OH excluding ortho intramolecular Hbond substituents is 1. The third kappa shape index (κ3) is 1.95. The van der Waals surface area contributed by atoms with Crippen molar-refractivity contribution in [3.8, 4) is 11.5 Å². The number of carbonyl (C=O) groups excluding carboxylic acids is 1. The van der Waals surface area contributed by atoms with Gasteiger partial charge in [0.15, 0.2) is 5.11 Å². The summed E-state index contributed by atoms with van der Waals surface area (Å²) in [6.07, 6.45) is 0. The standard InChI is InChI=1S/C12H13N3O3S/c13-11(17)5-14-4-7-6-18-10-2-1-8(16)3-9(10)15(7)12(14)19/h1-3,7,16H,4-6H2,(H2,13,17). The minimum absolute atomic E-state index is 0.0427. The highest BCUT2D eigenvalue weighted by Crippen LogP contribution is 2.39. The fourth-order valence-corrected chi connectivity index (χ4v) is 2.86. The Labute approximate surface area is 115 Å². The van der Waals surface area contributed by atoms with Gasteiger partial charge in [-0.25, -0.2) is 0 Å². The predicted octanol–water partition coefficient (Wildman–Crippen LogP) is 0.0454.